The van der Waals surface area contributed by atoms with Crippen LogP contribution in [0.3, 0.4) is 0 Å². The first-order valence-corrected chi connectivity index (χ1v) is 3.87. The number of rotatable bonds is 2. The quantitative estimate of drug-likeness (QED) is 0.285. The van der Waals surface area contributed by atoms with E-state index < -0.39 is 0 Å². The van der Waals surface area contributed by atoms with Gasteiger partial charge in [-0.1, -0.05) is 16.9 Å². The largest absolute Gasteiger partial charge is 0.377 e. The van der Waals surface area contributed by atoms with Gasteiger partial charge in [0.05, 0.1) is 11.9 Å². The standard InChI is InChI=1S/C5H8N4OS/c6-5(9-7)11-3-4-1-2-8-10-4/h1-2H,3,7H2,(H2,6,9). The van der Waals surface area contributed by atoms with Crippen LogP contribution in [-0.2, 0) is 5.75 Å². The maximum Gasteiger partial charge on any atom is 0.177 e. The Morgan fingerprint density at radius 1 is 1.82 bits per heavy atom. The van der Waals surface area contributed by atoms with Crippen molar-refractivity contribution >= 4 is 16.9 Å². The fourth-order valence-corrected chi connectivity index (χ4v) is 1.01. The van der Waals surface area contributed by atoms with E-state index in [0.717, 1.165) is 5.76 Å². The number of aromatic nitrogens is 1. The van der Waals surface area contributed by atoms with Crippen LogP contribution in [0.2, 0.25) is 0 Å². The average Bonchev–Trinajstić information content (AvgIpc) is 2.52. The second-order valence-electron chi connectivity index (χ2n) is 1.73. The van der Waals surface area contributed by atoms with Crippen molar-refractivity contribution in [2.24, 2.45) is 16.7 Å². The molecule has 1 rings (SSSR count). The lowest BCUT2D eigenvalue weighted by molar-refractivity contribution is 0.395. The molecule has 0 amide bonds. The molecule has 4 N–H and O–H groups in total. The highest BCUT2D eigenvalue weighted by Gasteiger charge is 1.98. The topological polar surface area (TPSA) is 90.4 Å². The van der Waals surface area contributed by atoms with Crippen molar-refractivity contribution in [1.82, 2.24) is 5.16 Å². The van der Waals surface area contributed by atoms with Crippen LogP contribution in [0.5, 0.6) is 0 Å². The molecule has 6 heteroatoms. The molecule has 0 fully saturated rings. The van der Waals surface area contributed by atoms with E-state index in [4.69, 9.17) is 16.1 Å². The molecule has 0 aliphatic heterocycles. The van der Waals surface area contributed by atoms with Crippen LogP contribution in [0.4, 0.5) is 0 Å². The van der Waals surface area contributed by atoms with Crippen LogP contribution in [-0.4, -0.2) is 10.3 Å². The molecular weight excluding hydrogens is 164 g/mol. The number of nitrogens with two attached hydrogens (primary N) is 2. The van der Waals surface area contributed by atoms with Crippen LogP contribution in [0.15, 0.2) is 21.9 Å². The summed E-state index contributed by atoms with van der Waals surface area (Å²) in [7, 11) is 0. The zero-order chi connectivity index (χ0) is 8.10. The summed E-state index contributed by atoms with van der Waals surface area (Å²) in [6, 6.07) is 1.76. The predicted octanol–water partition coefficient (Wildman–Crippen LogP) is 0.0962. The lowest BCUT2D eigenvalue weighted by Gasteiger charge is -1.93. The molecule has 0 saturated heterocycles. The van der Waals surface area contributed by atoms with Gasteiger partial charge in [0.2, 0.25) is 0 Å². The minimum atomic E-state index is 0.335. The molecule has 5 nitrogen and oxygen atoms in total. The van der Waals surface area contributed by atoms with Gasteiger partial charge in [-0.25, -0.2) is 0 Å². The highest BCUT2D eigenvalue weighted by Crippen LogP contribution is 2.09. The molecule has 0 bridgehead atoms. The summed E-state index contributed by atoms with van der Waals surface area (Å²) in [5.74, 6) is 6.26. The molecule has 0 saturated carbocycles. The number of hydrogen-bond acceptors (Lipinski definition) is 5. The maximum absolute atomic E-state index is 5.32. The summed E-state index contributed by atoms with van der Waals surface area (Å²) in [5, 5.41) is 7.14. The lowest BCUT2D eigenvalue weighted by Crippen LogP contribution is -2.09. The van der Waals surface area contributed by atoms with E-state index >= 15 is 0 Å². The molecule has 0 aliphatic rings. The third-order valence-electron chi connectivity index (χ3n) is 0.981. The fraction of sp³-hybridized carbons (Fsp3) is 0.200. The van der Waals surface area contributed by atoms with Gasteiger partial charge in [-0.3, -0.25) is 0 Å². The zero-order valence-corrected chi connectivity index (χ0v) is 6.54. The molecule has 0 unspecified atom stereocenters. The minimum absolute atomic E-state index is 0.335. The summed E-state index contributed by atoms with van der Waals surface area (Å²) in [4.78, 5) is 0. The average molecular weight is 172 g/mol. The minimum Gasteiger partial charge on any atom is -0.377 e. The normalized spacial score (nSPS) is 11.8. The van der Waals surface area contributed by atoms with Gasteiger partial charge in [0.1, 0.15) is 5.76 Å². The molecule has 1 aromatic rings. The van der Waals surface area contributed by atoms with Crippen LogP contribution in [0, 0.1) is 0 Å². The maximum atomic E-state index is 5.32. The first-order chi connectivity index (χ1) is 5.33. The molecule has 0 radical (unpaired) electrons. The van der Waals surface area contributed by atoms with E-state index in [1.54, 1.807) is 12.3 Å². The van der Waals surface area contributed by atoms with E-state index in [1.165, 1.54) is 11.8 Å². The van der Waals surface area contributed by atoms with E-state index in [9.17, 15) is 0 Å². The Labute approximate surface area is 67.8 Å². The van der Waals surface area contributed by atoms with E-state index in [-0.39, 0.29) is 0 Å². The Kier molecular flexibility index (Phi) is 2.79. The van der Waals surface area contributed by atoms with Gasteiger partial charge in [0.25, 0.3) is 0 Å². The molecule has 11 heavy (non-hydrogen) atoms. The van der Waals surface area contributed by atoms with Crippen molar-refractivity contribution in [2.45, 2.75) is 5.75 Å². The summed E-state index contributed by atoms with van der Waals surface area (Å²) in [6.07, 6.45) is 1.58. The monoisotopic (exact) mass is 172 g/mol. The van der Waals surface area contributed by atoms with Gasteiger partial charge in [-0.05, 0) is 0 Å². The summed E-state index contributed by atoms with van der Waals surface area (Å²) in [5.41, 5.74) is 5.32. The third-order valence-corrected chi connectivity index (χ3v) is 1.81. The van der Waals surface area contributed by atoms with Crippen molar-refractivity contribution in [3.8, 4) is 0 Å². The van der Waals surface area contributed by atoms with E-state index in [2.05, 4.69) is 10.3 Å². The first kappa shape index (κ1) is 7.93. The van der Waals surface area contributed by atoms with Gasteiger partial charge in [-0.2, -0.15) is 5.10 Å². The highest BCUT2D eigenvalue weighted by molar-refractivity contribution is 8.13. The summed E-state index contributed by atoms with van der Waals surface area (Å²) >= 11 is 1.30. The SMILES string of the molecule is NN=C(N)SCc1ccno1. The van der Waals surface area contributed by atoms with E-state index in [0.29, 0.717) is 10.9 Å². The summed E-state index contributed by atoms with van der Waals surface area (Å²) < 4.78 is 4.81. The van der Waals surface area contributed by atoms with Crippen molar-refractivity contribution in [1.29, 1.82) is 0 Å². The molecule has 0 aliphatic carbocycles. The van der Waals surface area contributed by atoms with Gasteiger partial charge in [-0.15, -0.1) is 0 Å². The Hall–Kier alpha value is -1.17. The van der Waals surface area contributed by atoms with Crippen LogP contribution < -0.4 is 11.6 Å². The van der Waals surface area contributed by atoms with Gasteiger partial charge in [0, 0.05) is 6.07 Å². The Balaban J connectivity index is 2.35. The van der Waals surface area contributed by atoms with Crippen LogP contribution in [0.1, 0.15) is 5.76 Å². The molecule has 60 valence electrons. The third kappa shape index (κ3) is 2.50. The predicted molar refractivity (Wildman–Crippen MR) is 43.6 cm³/mol. The highest BCUT2D eigenvalue weighted by atomic mass is 32.2. The second-order valence-corrected chi connectivity index (χ2v) is 2.73. The zero-order valence-electron chi connectivity index (χ0n) is 5.73. The first-order valence-electron chi connectivity index (χ1n) is 2.88. The van der Waals surface area contributed by atoms with Gasteiger partial charge >= 0.3 is 0 Å². The van der Waals surface area contributed by atoms with Crippen LogP contribution >= 0.6 is 11.8 Å². The fourth-order valence-electron chi connectivity index (χ4n) is 0.499. The Morgan fingerprint density at radius 2 is 2.64 bits per heavy atom. The number of thioether (sulfide) groups is 1. The number of nitrogens with zero attached hydrogens (tertiary/aromatic N) is 2. The second kappa shape index (κ2) is 3.87. The van der Waals surface area contributed by atoms with Gasteiger partial charge < -0.3 is 16.1 Å². The Bertz CT molecular complexity index is 233. The number of amidine groups is 1. The molecule has 0 aromatic carbocycles. The lowest BCUT2D eigenvalue weighted by atomic mass is 10.5. The van der Waals surface area contributed by atoms with Crippen molar-refractivity contribution in [3.63, 3.8) is 0 Å². The molecular formula is C5H8N4OS. The molecule has 1 aromatic heterocycles. The van der Waals surface area contributed by atoms with Crippen molar-refractivity contribution in [2.75, 3.05) is 0 Å². The van der Waals surface area contributed by atoms with Crippen molar-refractivity contribution < 1.29 is 4.52 Å². The molecule has 1 heterocycles. The Morgan fingerprint density at radius 3 is 3.18 bits per heavy atom. The smallest absolute Gasteiger partial charge is 0.177 e. The molecule has 0 atom stereocenters. The summed E-state index contributed by atoms with van der Waals surface area (Å²) in [6.45, 7) is 0. The number of hydrazone groups is 1. The molecule has 0 spiro atoms. The van der Waals surface area contributed by atoms with Crippen LogP contribution in [0.25, 0.3) is 0 Å². The van der Waals surface area contributed by atoms with E-state index in [1.807, 2.05) is 0 Å². The number of hydrogen-bond donors (Lipinski definition) is 2. The van der Waals surface area contributed by atoms with Crippen molar-refractivity contribution in [3.05, 3.63) is 18.0 Å². The van der Waals surface area contributed by atoms with Gasteiger partial charge in [0.15, 0.2) is 5.17 Å².